The van der Waals surface area contributed by atoms with E-state index in [1.807, 2.05) is 17.6 Å². The number of hydrogen-bond donors (Lipinski definition) is 2. The van der Waals surface area contributed by atoms with Gasteiger partial charge in [-0.15, -0.1) is 0 Å². The van der Waals surface area contributed by atoms with Crippen LogP contribution in [0.4, 0.5) is 5.69 Å². The first-order valence-corrected chi connectivity index (χ1v) is 8.69. The number of hydrogen-bond acceptors (Lipinski definition) is 4. The summed E-state index contributed by atoms with van der Waals surface area (Å²) in [4.78, 5) is 24.8. The number of rotatable bonds is 4. The highest BCUT2D eigenvalue weighted by Crippen LogP contribution is 2.48. The lowest BCUT2D eigenvalue weighted by Crippen LogP contribution is -2.36. The summed E-state index contributed by atoms with van der Waals surface area (Å²) in [6.07, 6.45) is 4.60. The number of nitriles is 1. The molecule has 3 rings (SSSR count). The minimum atomic E-state index is -0.915. The van der Waals surface area contributed by atoms with Gasteiger partial charge >= 0.3 is 5.97 Å². The number of anilines is 1. The molecule has 5 nitrogen and oxygen atoms in total. The van der Waals surface area contributed by atoms with Crippen molar-refractivity contribution in [1.82, 2.24) is 0 Å². The predicted molar refractivity (Wildman–Crippen MR) is 89.6 cm³/mol. The SMILES string of the molecule is N#CSc1ccc(NC(=O)[C@@H]2[C@@H](C(=O)O)[C@H]3C=C[C@H]2C3)c(Br)c1. The summed E-state index contributed by atoms with van der Waals surface area (Å²) in [7, 11) is 0. The summed E-state index contributed by atoms with van der Waals surface area (Å²) in [6.45, 7) is 0. The first kappa shape index (κ1) is 16.1. The third-order valence-electron chi connectivity index (χ3n) is 4.41. The molecule has 0 aromatic heterocycles. The van der Waals surface area contributed by atoms with Gasteiger partial charge < -0.3 is 10.4 Å². The van der Waals surface area contributed by atoms with Crippen LogP contribution in [0, 0.1) is 34.3 Å². The summed E-state index contributed by atoms with van der Waals surface area (Å²) in [6, 6.07) is 5.20. The molecule has 1 aromatic carbocycles. The van der Waals surface area contributed by atoms with Crippen LogP contribution in [-0.4, -0.2) is 17.0 Å². The van der Waals surface area contributed by atoms with Crippen molar-refractivity contribution in [2.45, 2.75) is 11.3 Å². The van der Waals surface area contributed by atoms with E-state index in [-0.39, 0.29) is 17.7 Å². The molecular formula is C16H13BrN2O3S. The Morgan fingerprint density at radius 3 is 2.61 bits per heavy atom. The number of amides is 1. The molecule has 1 saturated carbocycles. The van der Waals surface area contributed by atoms with E-state index < -0.39 is 17.8 Å². The van der Waals surface area contributed by atoms with Gasteiger partial charge in [0.05, 0.1) is 17.5 Å². The van der Waals surface area contributed by atoms with E-state index in [1.165, 1.54) is 0 Å². The summed E-state index contributed by atoms with van der Waals surface area (Å²) < 4.78 is 0.664. The van der Waals surface area contributed by atoms with Crippen molar-refractivity contribution in [3.63, 3.8) is 0 Å². The normalized spacial score (nSPS) is 27.7. The van der Waals surface area contributed by atoms with E-state index in [4.69, 9.17) is 5.26 Å². The average molecular weight is 393 g/mol. The molecule has 118 valence electrons. The summed E-state index contributed by atoms with van der Waals surface area (Å²) in [5.74, 6) is -2.43. The molecule has 1 amide bonds. The van der Waals surface area contributed by atoms with Crippen LogP contribution in [0.15, 0.2) is 39.7 Å². The number of aliphatic carboxylic acids is 1. The van der Waals surface area contributed by atoms with Gasteiger partial charge in [-0.1, -0.05) is 12.2 Å². The van der Waals surface area contributed by atoms with Gasteiger partial charge in [-0.2, -0.15) is 5.26 Å². The fourth-order valence-electron chi connectivity index (χ4n) is 3.45. The Kier molecular flexibility index (Phi) is 4.46. The van der Waals surface area contributed by atoms with Crippen LogP contribution in [0.5, 0.6) is 0 Å². The maximum Gasteiger partial charge on any atom is 0.307 e. The molecule has 2 bridgehead atoms. The molecule has 2 N–H and O–H groups in total. The molecule has 0 aliphatic heterocycles. The lowest BCUT2D eigenvalue weighted by molar-refractivity contribution is -0.146. The number of nitrogens with zero attached hydrogens (tertiary/aromatic N) is 1. The van der Waals surface area contributed by atoms with Gasteiger partial charge in [-0.05, 0) is 64.1 Å². The number of benzene rings is 1. The Morgan fingerprint density at radius 1 is 1.30 bits per heavy atom. The largest absolute Gasteiger partial charge is 0.481 e. The van der Waals surface area contributed by atoms with Gasteiger partial charge in [0.25, 0.3) is 0 Å². The number of carboxylic acids is 1. The minimum Gasteiger partial charge on any atom is -0.481 e. The third-order valence-corrected chi connectivity index (χ3v) is 5.65. The topological polar surface area (TPSA) is 90.2 Å². The van der Waals surface area contributed by atoms with Gasteiger partial charge in [0.2, 0.25) is 5.91 Å². The maximum atomic E-state index is 12.6. The molecule has 2 aliphatic rings. The van der Waals surface area contributed by atoms with E-state index in [2.05, 4.69) is 21.2 Å². The highest BCUT2D eigenvalue weighted by atomic mass is 79.9. The number of fused-ring (bicyclic) bond motifs is 2. The molecule has 0 saturated heterocycles. The number of allylic oxidation sites excluding steroid dienone is 2. The van der Waals surface area contributed by atoms with Crippen LogP contribution < -0.4 is 5.32 Å². The smallest absolute Gasteiger partial charge is 0.307 e. The van der Waals surface area contributed by atoms with Crippen LogP contribution in [-0.2, 0) is 9.59 Å². The Balaban J connectivity index is 1.78. The number of carbonyl (C=O) groups is 2. The molecule has 0 spiro atoms. The lowest BCUT2D eigenvalue weighted by atomic mass is 9.82. The van der Waals surface area contributed by atoms with Gasteiger partial charge in [0.15, 0.2) is 0 Å². The van der Waals surface area contributed by atoms with Crippen molar-refractivity contribution in [3.8, 4) is 5.40 Å². The van der Waals surface area contributed by atoms with Gasteiger partial charge in [0, 0.05) is 9.37 Å². The van der Waals surface area contributed by atoms with Crippen molar-refractivity contribution in [2.75, 3.05) is 5.32 Å². The van der Waals surface area contributed by atoms with E-state index in [1.54, 1.807) is 18.2 Å². The molecular weight excluding hydrogens is 380 g/mol. The number of thiocyanates is 1. The number of halogens is 1. The zero-order chi connectivity index (χ0) is 16.6. The van der Waals surface area contributed by atoms with E-state index >= 15 is 0 Å². The zero-order valence-electron chi connectivity index (χ0n) is 11.9. The highest BCUT2D eigenvalue weighted by molar-refractivity contribution is 9.10. The second-order valence-corrected chi connectivity index (χ2v) is 7.37. The van der Waals surface area contributed by atoms with Crippen molar-refractivity contribution in [2.24, 2.45) is 23.7 Å². The average Bonchev–Trinajstić information content (AvgIpc) is 3.11. The quantitative estimate of drug-likeness (QED) is 0.464. The van der Waals surface area contributed by atoms with E-state index in [9.17, 15) is 14.7 Å². The van der Waals surface area contributed by atoms with Crippen molar-refractivity contribution < 1.29 is 14.7 Å². The van der Waals surface area contributed by atoms with Crippen LogP contribution in [0.3, 0.4) is 0 Å². The molecule has 1 aromatic rings. The number of thioether (sulfide) groups is 1. The first-order valence-electron chi connectivity index (χ1n) is 7.08. The zero-order valence-corrected chi connectivity index (χ0v) is 14.3. The van der Waals surface area contributed by atoms with Gasteiger partial charge in [-0.25, -0.2) is 0 Å². The first-order chi connectivity index (χ1) is 11.0. The van der Waals surface area contributed by atoms with Crippen molar-refractivity contribution in [1.29, 1.82) is 5.26 Å². The lowest BCUT2D eigenvalue weighted by Gasteiger charge is -2.24. The predicted octanol–water partition coefficient (Wildman–Crippen LogP) is 3.48. The fraction of sp³-hybridized carbons (Fsp3) is 0.312. The standard InChI is InChI=1S/C16H13BrN2O3S/c17-11-6-10(23-7-18)3-4-12(11)19-15(20)13-8-1-2-9(5-8)14(13)16(21)22/h1-4,6,8-9,13-14H,5H2,(H,19,20)(H,21,22)/t8-,9-,13-,14-/m0/s1. The second kappa shape index (κ2) is 6.38. The van der Waals surface area contributed by atoms with Gasteiger partial charge in [-0.3, -0.25) is 9.59 Å². The summed E-state index contributed by atoms with van der Waals surface area (Å²) in [5, 5.41) is 22.9. The Bertz CT molecular complexity index is 743. The Labute approximate surface area is 145 Å². The second-order valence-electron chi connectivity index (χ2n) is 5.66. The molecule has 0 unspecified atom stereocenters. The summed E-state index contributed by atoms with van der Waals surface area (Å²) >= 11 is 4.40. The molecule has 7 heteroatoms. The third kappa shape index (κ3) is 3.01. The van der Waals surface area contributed by atoms with E-state index in [0.29, 0.717) is 10.2 Å². The van der Waals surface area contributed by atoms with Crippen LogP contribution in [0.25, 0.3) is 0 Å². The number of carbonyl (C=O) groups excluding carboxylic acids is 1. The molecule has 0 radical (unpaired) electrons. The van der Waals surface area contributed by atoms with Crippen LogP contribution >= 0.6 is 27.7 Å². The van der Waals surface area contributed by atoms with Crippen molar-refractivity contribution >= 4 is 45.3 Å². The van der Waals surface area contributed by atoms with E-state index in [0.717, 1.165) is 23.1 Å². The number of nitrogens with one attached hydrogen (secondary N) is 1. The molecule has 23 heavy (non-hydrogen) atoms. The van der Waals surface area contributed by atoms with Crippen LogP contribution in [0.2, 0.25) is 0 Å². The minimum absolute atomic E-state index is 0.00621. The fourth-order valence-corrected chi connectivity index (χ4v) is 4.49. The molecule has 4 atom stereocenters. The van der Waals surface area contributed by atoms with Gasteiger partial charge in [0.1, 0.15) is 5.40 Å². The molecule has 0 heterocycles. The summed E-state index contributed by atoms with van der Waals surface area (Å²) in [5.41, 5.74) is 0.577. The molecule has 2 aliphatic carbocycles. The monoisotopic (exact) mass is 392 g/mol. The van der Waals surface area contributed by atoms with Crippen molar-refractivity contribution in [3.05, 3.63) is 34.8 Å². The van der Waals surface area contributed by atoms with Crippen LogP contribution in [0.1, 0.15) is 6.42 Å². The Hall–Kier alpha value is -1.78. The highest BCUT2D eigenvalue weighted by Gasteiger charge is 2.51. The Morgan fingerprint density at radius 2 is 2.00 bits per heavy atom. The molecule has 1 fully saturated rings. The number of carboxylic acid groups (broad SMARTS) is 1. The maximum absolute atomic E-state index is 12.6.